The van der Waals surface area contributed by atoms with Crippen molar-refractivity contribution < 1.29 is 4.79 Å². The van der Waals surface area contributed by atoms with Crippen LogP contribution >= 0.6 is 23.2 Å². The van der Waals surface area contributed by atoms with E-state index in [1.54, 1.807) is 0 Å². The number of hydrogen-bond acceptors (Lipinski definition) is 3. The van der Waals surface area contributed by atoms with Crippen LogP contribution in [0.5, 0.6) is 0 Å². The summed E-state index contributed by atoms with van der Waals surface area (Å²) >= 11 is 12.1. The maximum absolute atomic E-state index is 11.7. The zero-order chi connectivity index (χ0) is 12.6. The molecule has 6 heteroatoms. The average Bonchev–Trinajstić information content (AvgIpc) is 2.57. The summed E-state index contributed by atoms with van der Waals surface area (Å²) in [6.07, 6.45) is 0.284. The Balaban J connectivity index is 2.47. The highest BCUT2D eigenvalue weighted by molar-refractivity contribution is 6.40. The predicted octanol–water partition coefficient (Wildman–Crippen LogP) is 1.93. The van der Waals surface area contributed by atoms with Crippen LogP contribution in [0.1, 0.15) is 12.0 Å². The molecule has 1 aromatic rings. The maximum Gasteiger partial charge on any atom is 0.228 e. The summed E-state index contributed by atoms with van der Waals surface area (Å²) in [5.41, 5.74) is 6.50. The zero-order valence-corrected chi connectivity index (χ0v) is 10.3. The molecule has 4 nitrogen and oxygen atoms in total. The van der Waals surface area contributed by atoms with Crippen LogP contribution in [0.25, 0.3) is 0 Å². The van der Waals surface area contributed by atoms with E-state index in [0.717, 1.165) is 0 Å². The lowest BCUT2D eigenvalue weighted by molar-refractivity contribution is -0.117. The molecule has 1 saturated heterocycles. The number of amides is 1. The number of carbonyl (C=O) groups excluding carboxylic acids is 1. The van der Waals surface area contributed by atoms with E-state index in [2.05, 4.69) is 0 Å². The normalized spacial score (nSPS) is 19.5. The lowest BCUT2D eigenvalue weighted by Gasteiger charge is -2.19. The highest BCUT2D eigenvalue weighted by Crippen LogP contribution is 2.36. The molecule has 0 bridgehead atoms. The number of nitriles is 1. The van der Waals surface area contributed by atoms with Gasteiger partial charge in [0, 0.05) is 19.0 Å². The van der Waals surface area contributed by atoms with Crippen molar-refractivity contribution in [3.63, 3.8) is 0 Å². The van der Waals surface area contributed by atoms with E-state index in [-0.39, 0.29) is 28.4 Å². The van der Waals surface area contributed by atoms with Crippen LogP contribution in [-0.4, -0.2) is 18.5 Å². The first kappa shape index (κ1) is 12.2. The highest BCUT2D eigenvalue weighted by Gasteiger charge is 2.30. The summed E-state index contributed by atoms with van der Waals surface area (Å²) in [5.74, 6) is -0.106. The van der Waals surface area contributed by atoms with Crippen LogP contribution in [0.4, 0.5) is 5.69 Å². The van der Waals surface area contributed by atoms with Gasteiger partial charge in [-0.1, -0.05) is 23.2 Å². The van der Waals surface area contributed by atoms with Gasteiger partial charge in [-0.2, -0.15) is 5.26 Å². The second kappa shape index (κ2) is 4.53. The van der Waals surface area contributed by atoms with Crippen molar-refractivity contribution in [3.8, 4) is 6.07 Å². The summed E-state index contributed by atoms with van der Waals surface area (Å²) in [4.78, 5) is 13.2. The molecule has 0 radical (unpaired) electrons. The lowest BCUT2D eigenvalue weighted by atomic mass is 10.2. The Morgan fingerprint density at radius 1 is 1.41 bits per heavy atom. The Hall–Kier alpha value is -1.28. The predicted molar refractivity (Wildman–Crippen MR) is 66.1 cm³/mol. The fourth-order valence-electron chi connectivity index (χ4n) is 1.84. The molecule has 2 rings (SSSR count). The second-order valence-electron chi connectivity index (χ2n) is 3.87. The van der Waals surface area contributed by atoms with Crippen molar-refractivity contribution in [3.05, 3.63) is 27.7 Å². The van der Waals surface area contributed by atoms with E-state index in [9.17, 15) is 4.79 Å². The molecule has 1 unspecified atom stereocenters. The van der Waals surface area contributed by atoms with Gasteiger partial charge < -0.3 is 10.6 Å². The SMILES string of the molecule is N#Cc1cc(Cl)c(N2CC(N)CC2=O)c(Cl)c1. The van der Waals surface area contributed by atoms with Crippen LogP contribution in [-0.2, 0) is 4.79 Å². The van der Waals surface area contributed by atoms with E-state index in [0.29, 0.717) is 17.8 Å². The van der Waals surface area contributed by atoms with Crippen molar-refractivity contribution in [1.29, 1.82) is 5.26 Å². The van der Waals surface area contributed by atoms with E-state index in [1.807, 2.05) is 6.07 Å². The first-order chi connectivity index (χ1) is 8.02. The Bertz CT molecular complexity index is 501. The van der Waals surface area contributed by atoms with Crippen molar-refractivity contribution in [2.75, 3.05) is 11.4 Å². The summed E-state index contributed by atoms with van der Waals surface area (Å²) in [6.45, 7) is 0.393. The van der Waals surface area contributed by atoms with Crippen molar-refractivity contribution in [1.82, 2.24) is 0 Å². The van der Waals surface area contributed by atoms with Gasteiger partial charge in [-0.25, -0.2) is 0 Å². The number of benzene rings is 1. The highest BCUT2D eigenvalue weighted by atomic mass is 35.5. The molecule has 0 aliphatic carbocycles. The van der Waals surface area contributed by atoms with Gasteiger partial charge in [0.05, 0.1) is 27.4 Å². The van der Waals surface area contributed by atoms with E-state index in [4.69, 9.17) is 34.2 Å². The van der Waals surface area contributed by atoms with Crippen LogP contribution < -0.4 is 10.6 Å². The third kappa shape index (κ3) is 2.22. The smallest absolute Gasteiger partial charge is 0.228 e. The molecule has 2 N–H and O–H groups in total. The van der Waals surface area contributed by atoms with E-state index < -0.39 is 0 Å². The largest absolute Gasteiger partial charge is 0.326 e. The van der Waals surface area contributed by atoms with Crippen LogP contribution in [0, 0.1) is 11.3 Å². The quantitative estimate of drug-likeness (QED) is 0.847. The van der Waals surface area contributed by atoms with Gasteiger partial charge in [0.1, 0.15) is 0 Å². The molecule has 0 spiro atoms. The Morgan fingerprint density at radius 3 is 2.41 bits per heavy atom. The second-order valence-corrected chi connectivity index (χ2v) is 4.68. The molecule has 0 saturated carbocycles. The minimum absolute atomic E-state index is 0.106. The minimum atomic E-state index is -0.203. The standard InChI is InChI=1S/C11H9Cl2N3O/c12-8-1-6(4-14)2-9(13)11(8)16-5-7(15)3-10(16)17/h1-2,7H,3,5,15H2. The van der Waals surface area contributed by atoms with Crippen molar-refractivity contribution in [2.24, 2.45) is 5.73 Å². The monoisotopic (exact) mass is 269 g/mol. The lowest BCUT2D eigenvalue weighted by Crippen LogP contribution is -2.28. The van der Waals surface area contributed by atoms with E-state index in [1.165, 1.54) is 17.0 Å². The molecule has 1 heterocycles. The third-order valence-electron chi connectivity index (χ3n) is 2.57. The number of anilines is 1. The fraction of sp³-hybridized carbons (Fsp3) is 0.273. The molecule has 1 aromatic carbocycles. The van der Waals surface area contributed by atoms with Gasteiger partial charge >= 0.3 is 0 Å². The molecule has 17 heavy (non-hydrogen) atoms. The van der Waals surface area contributed by atoms with Gasteiger partial charge in [0.2, 0.25) is 5.91 Å². The number of rotatable bonds is 1. The number of carbonyl (C=O) groups is 1. The van der Waals surface area contributed by atoms with Gasteiger partial charge in [-0.05, 0) is 12.1 Å². The molecule has 1 fully saturated rings. The number of nitrogens with two attached hydrogens (primary N) is 1. The van der Waals surface area contributed by atoms with Crippen molar-refractivity contribution in [2.45, 2.75) is 12.5 Å². The van der Waals surface area contributed by atoms with Crippen LogP contribution in [0.3, 0.4) is 0 Å². The molecule has 88 valence electrons. The fourth-order valence-corrected chi connectivity index (χ4v) is 2.53. The first-order valence-electron chi connectivity index (χ1n) is 4.98. The summed E-state index contributed by atoms with van der Waals surface area (Å²) in [7, 11) is 0. The molecule has 1 aliphatic heterocycles. The van der Waals surface area contributed by atoms with Crippen LogP contribution in [0.2, 0.25) is 10.0 Å². The number of nitrogens with zero attached hydrogens (tertiary/aromatic N) is 2. The molecule has 1 amide bonds. The van der Waals surface area contributed by atoms with Crippen LogP contribution in [0.15, 0.2) is 12.1 Å². The third-order valence-corrected chi connectivity index (χ3v) is 3.15. The van der Waals surface area contributed by atoms with Gasteiger partial charge in [-0.15, -0.1) is 0 Å². The Labute approximate surface area is 109 Å². The summed E-state index contributed by atoms with van der Waals surface area (Å²) in [5, 5.41) is 9.35. The summed E-state index contributed by atoms with van der Waals surface area (Å²) in [6, 6.07) is 4.72. The molecule has 1 atom stereocenters. The Morgan fingerprint density at radius 2 is 2.00 bits per heavy atom. The molecular formula is C11H9Cl2N3O. The van der Waals surface area contributed by atoms with Gasteiger partial charge in [0.25, 0.3) is 0 Å². The zero-order valence-electron chi connectivity index (χ0n) is 8.78. The first-order valence-corrected chi connectivity index (χ1v) is 5.73. The van der Waals surface area contributed by atoms with Gasteiger partial charge in [-0.3, -0.25) is 4.79 Å². The maximum atomic E-state index is 11.7. The average molecular weight is 270 g/mol. The van der Waals surface area contributed by atoms with Crippen molar-refractivity contribution >= 4 is 34.8 Å². The Kier molecular flexibility index (Phi) is 3.25. The topological polar surface area (TPSA) is 70.1 Å². The summed E-state index contributed by atoms with van der Waals surface area (Å²) < 4.78 is 0. The number of hydrogen-bond donors (Lipinski definition) is 1. The van der Waals surface area contributed by atoms with E-state index >= 15 is 0 Å². The molecular weight excluding hydrogens is 261 g/mol. The molecule has 0 aromatic heterocycles. The minimum Gasteiger partial charge on any atom is -0.326 e. The number of halogens is 2. The van der Waals surface area contributed by atoms with Gasteiger partial charge in [0.15, 0.2) is 0 Å². The molecule has 1 aliphatic rings.